The van der Waals surface area contributed by atoms with Gasteiger partial charge in [0.05, 0.1) is 28.2 Å². The third-order valence-corrected chi connectivity index (χ3v) is 10.0. The normalized spacial score (nSPS) is 16.6. The number of aromatic nitrogens is 3. The molecule has 48 heavy (non-hydrogen) atoms. The summed E-state index contributed by atoms with van der Waals surface area (Å²) in [6, 6.07) is 40.9. The third-order valence-electron chi connectivity index (χ3n) is 10.0. The Hall–Kier alpha value is -6.13. The molecule has 0 amide bonds. The molecule has 1 aliphatic carbocycles. The summed E-state index contributed by atoms with van der Waals surface area (Å²) >= 11 is 0. The summed E-state index contributed by atoms with van der Waals surface area (Å²) in [6.07, 6.45) is 10.2. The summed E-state index contributed by atoms with van der Waals surface area (Å²) in [5.74, 6) is 2.63. The highest BCUT2D eigenvalue weighted by Gasteiger charge is 2.36. The van der Waals surface area contributed by atoms with Crippen LogP contribution in [0.25, 0.3) is 77.0 Å². The van der Waals surface area contributed by atoms with Gasteiger partial charge in [-0.2, -0.15) is 0 Å². The number of rotatable bonds is 3. The smallest absolute Gasteiger partial charge is 0.139 e. The summed E-state index contributed by atoms with van der Waals surface area (Å²) < 4.78 is 6.66. The topological polar surface area (TPSA) is 47.9 Å². The molecule has 0 radical (unpaired) electrons. The van der Waals surface area contributed by atoms with Crippen LogP contribution < -0.4 is 4.74 Å². The SMILES string of the molecule is CC1C=CC=C2Oc3c(ccc4c(-c5cccc(-c6ccc(-c7cc8cccnc8c8ncccc78)cc6)c5)nc5ccccc5c34)C21. The number of hydrogen-bond acceptors (Lipinski definition) is 4. The summed E-state index contributed by atoms with van der Waals surface area (Å²) in [4.78, 5) is 14.6. The van der Waals surface area contributed by atoms with Crippen LogP contribution in [-0.4, -0.2) is 15.0 Å². The molecular formula is C44H29N3O. The molecule has 0 N–H and O–H groups in total. The zero-order chi connectivity index (χ0) is 31.8. The van der Waals surface area contributed by atoms with Crippen LogP contribution in [0.4, 0.5) is 0 Å². The fourth-order valence-electron chi connectivity index (χ4n) is 7.76. The Balaban J connectivity index is 1.09. The molecule has 2 atom stereocenters. The van der Waals surface area contributed by atoms with Crippen LogP contribution in [0.15, 0.2) is 152 Å². The lowest BCUT2D eigenvalue weighted by atomic mass is 9.83. The highest BCUT2D eigenvalue weighted by Crippen LogP contribution is 2.52. The number of hydrogen-bond donors (Lipinski definition) is 0. The maximum atomic E-state index is 6.66. The monoisotopic (exact) mass is 615 g/mol. The molecule has 4 heterocycles. The molecule has 0 fully saturated rings. The van der Waals surface area contributed by atoms with E-state index in [2.05, 4.69) is 133 Å². The van der Waals surface area contributed by atoms with Crippen molar-refractivity contribution in [3.63, 3.8) is 0 Å². The molecule has 3 aromatic heterocycles. The number of allylic oxidation sites excluding steroid dienone is 4. The van der Waals surface area contributed by atoms with E-state index < -0.39 is 0 Å². The Morgan fingerprint density at radius 1 is 0.625 bits per heavy atom. The number of fused-ring (bicyclic) bond motifs is 10. The molecule has 4 heteroatoms. The van der Waals surface area contributed by atoms with Crippen LogP contribution in [0.5, 0.6) is 5.75 Å². The molecule has 0 saturated carbocycles. The van der Waals surface area contributed by atoms with Gasteiger partial charge in [-0.15, -0.1) is 0 Å². The predicted octanol–water partition coefficient (Wildman–Crippen LogP) is 11.1. The molecule has 0 spiro atoms. The summed E-state index contributed by atoms with van der Waals surface area (Å²) in [7, 11) is 0. The molecule has 0 bridgehead atoms. The van der Waals surface area contributed by atoms with Crippen molar-refractivity contribution in [1.29, 1.82) is 0 Å². The first-order chi connectivity index (χ1) is 23.7. The van der Waals surface area contributed by atoms with E-state index >= 15 is 0 Å². The number of para-hydroxylation sites is 1. The second-order valence-corrected chi connectivity index (χ2v) is 12.8. The summed E-state index contributed by atoms with van der Waals surface area (Å²) in [5, 5.41) is 5.54. The van der Waals surface area contributed by atoms with E-state index in [-0.39, 0.29) is 5.92 Å². The van der Waals surface area contributed by atoms with Gasteiger partial charge >= 0.3 is 0 Å². The van der Waals surface area contributed by atoms with Gasteiger partial charge in [-0.3, -0.25) is 9.97 Å². The van der Waals surface area contributed by atoms with Gasteiger partial charge in [0.25, 0.3) is 0 Å². The lowest BCUT2D eigenvalue weighted by molar-refractivity contribution is 0.407. The molecule has 0 saturated heterocycles. The van der Waals surface area contributed by atoms with Gasteiger partial charge in [-0.1, -0.05) is 104 Å². The number of pyridine rings is 3. The van der Waals surface area contributed by atoms with Gasteiger partial charge in [0.2, 0.25) is 0 Å². The second kappa shape index (κ2) is 10.4. The standard InChI is InChI=1S/C44H29N3O/c1-26-8-4-15-38-39(26)35-21-20-34-40(44(35)48-38)33-12-2-3-14-37(33)47-41(34)30-10-5-9-29(24-30)27-16-18-28(19-17-27)36-25-31-11-6-22-45-42(31)43-32(36)13-7-23-46-43/h2-26,39H,1H3. The van der Waals surface area contributed by atoms with Gasteiger partial charge in [0, 0.05) is 50.5 Å². The molecule has 2 aliphatic rings. The minimum Gasteiger partial charge on any atom is -0.460 e. The van der Waals surface area contributed by atoms with E-state index in [1.165, 1.54) is 5.56 Å². The van der Waals surface area contributed by atoms with Gasteiger partial charge in [0.1, 0.15) is 11.5 Å². The summed E-state index contributed by atoms with van der Waals surface area (Å²) in [5.41, 5.74) is 10.7. The molecule has 1 aliphatic heterocycles. The maximum Gasteiger partial charge on any atom is 0.139 e. The number of ether oxygens (including phenoxy) is 1. The van der Waals surface area contributed by atoms with Gasteiger partial charge < -0.3 is 4.74 Å². The number of benzene rings is 5. The van der Waals surface area contributed by atoms with Crippen LogP contribution in [0.2, 0.25) is 0 Å². The average Bonchev–Trinajstić information content (AvgIpc) is 3.54. The van der Waals surface area contributed by atoms with Crippen molar-refractivity contribution in [2.24, 2.45) is 5.92 Å². The van der Waals surface area contributed by atoms with Crippen molar-refractivity contribution >= 4 is 43.5 Å². The zero-order valence-corrected chi connectivity index (χ0v) is 26.3. The zero-order valence-electron chi connectivity index (χ0n) is 26.3. The van der Waals surface area contributed by atoms with Crippen LogP contribution in [-0.2, 0) is 0 Å². The fraction of sp³-hybridized carbons (Fsp3) is 0.0682. The quantitative estimate of drug-likeness (QED) is 0.186. The maximum absolute atomic E-state index is 6.66. The number of nitrogens with zero attached hydrogens (tertiary/aromatic N) is 3. The Morgan fingerprint density at radius 3 is 2.33 bits per heavy atom. The van der Waals surface area contributed by atoms with E-state index in [4.69, 9.17) is 14.7 Å². The van der Waals surface area contributed by atoms with Crippen LogP contribution in [0.3, 0.4) is 0 Å². The van der Waals surface area contributed by atoms with Crippen molar-refractivity contribution in [1.82, 2.24) is 15.0 Å². The Kier molecular flexibility index (Phi) is 5.88. The lowest BCUT2D eigenvalue weighted by Crippen LogP contribution is -2.10. The van der Waals surface area contributed by atoms with Gasteiger partial charge in [0.15, 0.2) is 0 Å². The van der Waals surface area contributed by atoms with E-state index in [0.29, 0.717) is 5.92 Å². The molecule has 4 nitrogen and oxygen atoms in total. The highest BCUT2D eigenvalue weighted by atomic mass is 16.5. The first-order valence-corrected chi connectivity index (χ1v) is 16.5. The Labute approximate surface area is 277 Å². The van der Waals surface area contributed by atoms with Crippen molar-refractivity contribution in [3.05, 3.63) is 157 Å². The molecular weight excluding hydrogens is 587 g/mol. The average molecular weight is 616 g/mol. The van der Waals surface area contributed by atoms with Crippen LogP contribution >= 0.6 is 0 Å². The Morgan fingerprint density at radius 2 is 1.42 bits per heavy atom. The predicted molar refractivity (Wildman–Crippen MR) is 196 cm³/mol. The van der Waals surface area contributed by atoms with Crippen molar-refractivity contribution in [3.8, 4) is 39.3 Å². The molecule has 10 rings (SSSR count). The highest BCUT2D eigenvalue weighted by molar-refractivity contribution is 6.15. The molecule has 226 valence electrons. The second-order valence-electron chi connectivity index (χ2n) is 12.8. The van der Waals surface area contributed by atoms with Crippen LogP contribution in [0, 0.1) is 5.92 Å². The first kappa shape index (κ1) is 27.0. The molecule has 2 unspecified atom stereocenters. The van der Waals surface area contributed by atoms with Gasteiger partial charge in [-0.05, 0) is 64.6 Å². The Bertz CT molecular complexity index is 2670. The van der Waals surface area contributed by atoms with E-state index in [9.17, 15) is 0 Å². The van der Waals surface area contributed by atoms with Crippen LogP contribution in [0.1, 0.15) is 18.4 Å². The van der Waals surface area contributed by atoms with E-state index in [1.54, 1.807) is 0 Å². The van der Waals surface area contributed by atoms with Crippen molar-refractivity contribution < 1.29 is 4.74 Å². The minimum absolute atomic E-state index is 0.247. The van der Waals surface area contributed by atoms with Crippen molar-refractivity contribution in [2.75, 3.05) is 0 Å². The summed E-state index contributed by atoms with van der Waals surface area (Å²) in [6.45, 7) is 2.27. The largest absolute Gasteiger partial charge is 0.460 e. The lowest BCUT2D eigenvalue weighted by Gasteiger charge is -2.19. The third kappa shape index (κ3) is 4.06. The van der Waals surface area contributed by atoms with Gasteiger partial charge in [-0.25, -0.2) is 4.98 Å². The van der Waals surface area contributed by atoms with E-state index in [0.717, 1.165) is 88.5 Å². The molecule has 8 aromatic rings. The minimum atomic E-state index is 0.247. The van der Waals surface area contributed by atoms with E-state index in [1.807, 2.05) is 24.5 Å². The first-order valence-electron chi connectivity index (χ1n) is 16.5. The van der Waals surface area contributed by atoms with Crippen molar-refractivity contribution in [2.45, 2.75) is 12.8 Å². The fourth-order valence-corrected chi connectivity index (χ4v) is 7.76. The molecule has 5 aromatic carbocycles.